The molecule has 0 radical (unpaired) electrons. The summed E-state index contributed by atoms with van der Waals surface area (Å²) in [6.45, 7) is 23.8. The third-order valence-electron chi connectivity index (χ3n) is 10.4. The first-order valence-electron chi connectivity index (χ1n) is 20.9. The van der Waals surface area contributed by atoms with Crippen molar-refractivity contribution in [2.45, 2.75) is 105 Å². The highest BCUT2D eigenvalue weighted by atomic mass is 31.2. The Kier molecular flexibility index (Phi) is 13.0. The van der Waals surface area contributed by atoms with E-state index in [0.717, 1.165) is 33.4 Å². The molecule has 0 saturated heterocycles. The lowest BCUT2D eigenvalue weighted by Gasteiger charge is -2.29. The molecule has 61 heavy (non-hydrogen) atoms. The molecule has 0 saturated carbocycles. The van der Waals surface area contributed by atoms with Gasteiger partial charge in [0.05, 0.1) is 0 Å². The molecule has 6 aromatic carbocycles. The van der Waals surface area contributed by atoms with E-state index < -0.39 is 17.2 Å². The van der Waals surface area contributed by atoms with Crippen LogP contribution in [0.25, 0.3) is 0 Å². The van der Waals surface area contributed by atoms with Crippen molar-refractivity contribution in [2.75, 3.05) is 0 Å². The Morgan fingerprint density at radius 3 is 1.08 bits per heavy atom. The molecule has 0 bridgehead atoms. The van der Waals surface area contributed by atoms with Gasteiger partial charge in [-0.2, -0.15) is 0 Å². The second-order valence-corrected chi connectivity index (χ2v) is 20.7. The van der Waals surface area contributed by atoms with Gasteiger partial charge in [-0.05, 0) is 64.1 Å². The molecule has 7 nitrogen and oxygen atoms in total. The summed E-state index contributed by atoms with van der Waals surface area (Å²) < 4.78 is 47.5. The van der Waals surface area contributed by atoms with Gasteiger partial charge in [0.25, 0.3) is 0 Å². The number of para-hydroxylation sites is 6. The second-order valence-electron chi connectivity index (χ2n) is 18.7. The first kappa shape index (κ1) is 43.9. The van der Waals surface area contributed by atoms with Crippen molar-refractivity contribution < 1.29 is 31.9 Å². The van der Waals surface area contributed by atoms with E-state index in [1.165, 1.54) is 0 Å². The molecule has 1 aliphatic heterocycles. The van der Waals surface area contributed by atoms with Crippen LogP contribution >= 0.6 is 17.2 Å². The van der Waals surface area contributed by atoms with E-state index in [4.69, 9.17) is 31.9 Å². The third-order valence-corrected chi connectivity index (χ3v) is 12.4. The summed E-state index contributed by atoms with van der Waals surface area (Å²) in [6, 6.07) is 44.0. The predicted octanol–water partition coefficient (Wildman–Crippen LogP) is 15.9. The number of benzene rings is 6. The number of hydrogen-bond acceptors (Lipinski definition) is 7. The van der Waals surface area contributed by atoms with E-state index in [-0.39, 0.29) is 22.2 Å². The van der Waals surface area contributed by atoms with Gasteiger partial charge in [-0.1, -0.05) is 173 Å². The zero-order chi connectivity index (χ0) is 43.5. The Bertz CT molecular complexity index is 2400. The van der Waals surface area contributed by atoms with Crippen molar-refractivity contribution in [3.63, 3.8) is 0 Å². The fourth-order valence-corrected chi connectivity index (χ4v) is 9.33. The predicted molar refractivity (Wildman–Crippen MR) is 249 cm³/mol. The van der Waals surface area contributed by atoms with Crippen molar-refractivity contribution in [3.05, 3.63) is 167 Å². The molecule has 9 heteroatoms. The average molecular weight is 857 g/mol. The van der Waals surface area contributed by atoms with E-state index in [9.17, 15) is 0 Å². The highest BCUT2D eigenvalue weighted by Crippen LogP contribution is 2.55. The molecule has 318 valence electrons. The molecular weight excluding hydrogens is 799 g/mol. The fraction of sp³-hybridized carbons (Fsp3) is 0.308. The first-order chi connectivity index (χ1) is 29.0. The molecular formula is C52H58O7P2. The average Bonchev–Trinajstić information content (AvgIpc) is 3.20. The minimum atomic E-state index is -2.05. The Morgan fingerprint density at radius 2 is 0.705 bits per heavy atom. The molecule has 6 aromatic rings. The summed E-state index contributed by atoms with van der Waals surface area (Å²) in [4.78, 5) is 0. The van der Waals surface area contributed by atoms with Crippen molar-refractivity contribution in [3.8, 4) is 46.0 Å². The molecule has 0 aromatic heterocycles. The maximum Gasteiger partial charge on any atom is 0.530 e. The van der Waals surface area contributed by atoms with Crippen molar-refractivity contribution >= 4 is 17.2 Å². The maximum atomic E-state index is 6.89. The standard InChI is InChI=1S/C52H58O7P2/c1-35(2)38-24-12-16-28-42(38)54-60(55-43-29-17-13-25-39(43)50(3,4)5)58-46-32-20-22-36-34-37-23-21-33-47(49(37)53-48(36)46)59-61(56-44-30-18-14-26-40(44)51(6,7)8)57-45-31-19-15-27-41(45)52(9,10)11/h12-33,35H,34H2,1-11H3. The van der Waals surface area contributed by atoms with Crippen LogP contribution in [0.1, 0.15) is 115 Å². The van der Waals surface area contributed by atoms with Crippen LogP contribution < -0.4 is 31.9 Å². The van der Waals surface area contributed by atoms with Crippen LogP contribution in [-0.4, -0.2) is 0 Å². The normalized spacial score (nSPS) is 13.1. The SMILES string of the molecule is CC(C)c1ccccc1OP(Oc1ccccc1C(C)(C)C)Oc1cccc2c1Oc1c(cccc1OP(Oc1ccccc1C(C)(C)C)Oc1ccccc1C(C)(C)C)C2. The molecule has 0 amide bonds. The van der Waals surface area contributed by atoms with E-state index in [1.54, 1.807) is 0 Å². The van der Waals surface area contributed by atoms with Crippen LogP contribution in [0.3, 0.4) is 0 Å². The molecule has 7 rings (SSSR count). The van der Waals surface area contributed by atoms with Gasteiger partial charge in [0, 0.05) is 34.2 Å². The molecule has 0 spiro atoms. The lowest BCUT2D eigenvalue weighted by atomic mass is 9.86. The van der Waals surface area contributed by atoms with Gasteiger partial charge in [-0.3, -0.25) is 0 Å². The van der Waals surface area contributed by atoms with E-state index in [2.05, 4.69) is 113 Å². The number of fused-ring (bicyclic) bond motifs is 2. The summed E-state index contributed by atoms with van der Waals surface area (Å²) in [6.07, 6.45) is 0.584. The fourth-order valence-electron chi connectivity index (χ4n) is 7.22. The number of rotatable bonds is 13. The van der Waals surface area contributed by atoms with E-state index >= 15 is 0 Å². The number of ether oxygens (including phenoxy) is 1. The van der Waals surface area contributed by atoms with Crippen molar-refractivity contribution in [2.24, 2.45) is 0 Å². The van der Waals surface area contributed by atoms with Gasteiger partial charge < -0.3 is 31.9 Å². The highest BCUT2D eigenvalue weighted by Gasteiger charge is 2.33. The Morgan fingerprint density at radius 1 is 0.393 bits per heavy atom. The molecule has 1 atom stereocenters. The molecule has 1 unspecified atom stereocenters. The van der Waals surface area contributed by atoms with Gasteiger partial charge in [0.1, 0.15) is 23.0 Å². The van der Waals surface area contributed by atoms with Gasteiger partial charge in [0.2, 0.25) is 0 Å². The van der Waals surface area contributed by atoms with Crippen molar-refractivity contribution in [1.29, 1.82) is 0 Å². The Balaban J connectivity index is 1.24. The smallest absolute Gasteiger partial charge is 0.449 e. The summed E-state index contributed by atoms with van der Waals surface area (Å²) in [5.74, 6) is 5.13. The Labute approximate surface area is 365 Å². The van der Waals surface area contributed by atoms with Crippen molar-refractivity contribution in [1.82, 2.24) is 0 Å². The van der Waals surface area contributed by atoms with Gasteiger partial charge in [-0.15, -0.1) is 0 Å². The van der Waals surface area contributed by atoms with Crippen LogP contribution in [-0.2, 0) is 22.7 Å². The molecule has 1 heterocycles. The zero-order valence-corrected chi connectivity index (χ0v) is 39.0. The molecule has 0 fully saturated rings. The third kappa shape index (κ3) is 10.5. The maximum absolute atomic E-state index is 6.89. The minimum absolute atomic E-state index is 0.181. The summed E-state index contributed by atoms with van der Waals surface area (Å²) in [5.41, 5.74) is 5.56. The van der Waals surface area contributed by atoms with E-state index in [1.807, 2.05) is 97.1 Å². The van der Waals surface area contributed by atoms with Gasteiger partial charge in [0.15, 0.2) is 23.0 Å². The van der Waals surface area contributed by atoms with Crippen LogP contribution in [0.4, 0.5) is 0 Å². The summed E-state index contributed by atoms with van der Waals surface area (Å²) in [7, 11) is -4.08. The largest absolute Gasteiger partial charge is 0.530 e. The lowest BCUT2D eigenvalue weighted by Crippen LogP contribution is -2.15. The molecule has 1 aliphatic rings. The Hall–Kier alpha value is -5.22. The summed E-state index contributed by atoms with van der Waals surface area (Å²) >= 11 is 0. The van der Waals surface area contributed by atoms with Crippen LogP contribution in [0.15, 0.2) is 133 Å². The van der Waals surface area contributed by atoms with Crippen LogP contribution in [0.2, 0.25) is 0 Å². The van der Waals surface area contributed by atoms with Crippen LogP contribution in [0.5, 0.6) is 46.0 Å². The quantitative estimate of drug-likeness (QED) is 0.107. The second kappa shape index (κ2) is 18.0. The summed E-state index contributed by atoms with van der Waals surface area (Å²) in [5, 5.41) is 0. The lowest BCUT2D eigenvalue weighted by molar-refractivity contribution is 0.352. The van der Waals surface area contributed by atoms with Crippen LogP contribution in [0, 0.1) is 0 Å². The van der Waals surface area contributed by atoms with E-state index in [0.29, 0.717) is 52.4 Å². The highest BCUT2D eigenvalue weighted by molar-refractivity contribution is 7.43. The molecule has 0 aliphatic carbocycles. The zero-order valence-electron chi connectivity index (χ0n) is 37.2. The monoisotopic (exact) mass is 856 g/mol. The van der Waals surface area contributed by atoms with Gasteiger partial charge in [-0.25, -0.2) is 0 Å². The number of hydrogen-bond donors (Lipinski definition) is 0. The first-order valence-corrected chi connectivity index (χ1v) is 23.1. The van der Waals surface area contributed by atoms with Gasteiger partial charge >= 0.3 is 17.2 Å². The topological polar surface area (TPSA) is 64.6 Å². The minimum Gasteiger partial charge on any atom is -0.449 e. The molecule has 0 N–H and O–H groups in total.